The summed E-state index contributed by atoms with van der Waals surface area (Å²) in [5, 5.41) is 11.0. The second-order valence-electron chi connectivity index (χ2n) is 2.26. The molecule has 2 aromatic heterocycles. The maximum atomic E-state index is 8.97. The number of hydrogen-bond acceptors (Lipinski definition) is 2. The number of thiophene rings is 1. The molecule has 0 amide bonds. The number of hydrogen-bond donors (Lipinski definition) is 1. The second kappa shape index (κ2) is 2.43. The Morgan fingerprint density at radius 3 is 2.82 bits per heavy atom. The van der Waals surface area contributed by atoms with Gasteiger partial charge in [-0.3, -0.25) is 0 Å². The first kappa shape index (κ1) is 6.49. The molecule has 0 aliphatic heterocycles. The summed E-state index contributed by atoms with van der Waals surface area (Å²) < 4.78 is 1.06. The predicted molar refractivity (Wildman–Crippen MR) is 44.9 cm³/mol. The van der Waals surface area contributed by atoms with E-state index in [1.54, 1.807) is 23.7 Å². The third-order valence-electron chi connectivity index (χ3n) is 1.48. The molecule has 0 radical (unpaired) electrons. The summed E-state index contributed by atoms with van der Waals surface area (Å²) in [7, 11) is 0. The van der Waals surface area contributed by atoms with Gasteiger partial charge in [0.25, 0.3) is 0 Å². The lowest BCUT2D eigenvalue weighted by molar-refractivity contribution is 0.188. The molecule has 1 N–H and O–H groups in total. The first-order valence-electron chi connectivity index (χ1n) is 3.27. The second-order valence-corrected chi connectivity index (χ2v) is 3.21. The summed E-state index contributed by atoms with van der Waals surface area (Å²) in [6.07, 6.45) is 3.31. The van der Waals surface area contributed by atoms with Gasteiger partial charge in [-0.1, -0.05) is 6.07 Å². The molecular formula is C8H7NOS. The van der Waals surface area contributed by atoms with E-state index < -0.39 is 0 Å². The van der Waals surface area contributed by atoms with Crippen molar-refractivity contribution in [2.45, 2.75) is 0 Å². The molecular weight excluding hydrogens is 158 g/mol. The molecule has 2 aromatic rings. The summed E-state index contributed by atoms with van der Waals surface area (Å²) in [5.74, 6) is 0. The van der Waals surface area contributed by atoms with Crippen LogP contribution in [0.1, 0.15) is 0 Å². The summed E-state index contributed by atoms with van der Waals surface area (Å²) in [5.41, 5.74) is 1.06. The maximum absolute atomic E-state index is 8.97. The fourth-order valence-electron chi connectivity index (χ4n) is 0.974. The van der Waals surface area contributed by atoms with Gasteiger partial charge in [0.1, 0.15) is 0 Å². The SMILES string of the molecule is On1ccc(-c2cccs2)c1. The van der Waals surface area contributed by atoms with Gasteiger partial charge in [-0.05, 0) is 17.5 Å². The van der Waals surface area contributed by atoms with Crippen LogP contribution in [0.25, 0.3) is 10.4 Å². The summed E-state index contributed by atoms with van der Waals surface area (Å²) in [6, 6.07) is 5.90. The zero-order valence-corrected chi connectivity index (χ0v) is 6.58. The largest absolute Gasteiger partial charge is 0.429 e. The Labute approximate surface area is 68.3 Å². The third kappa shape index (κ3) is 1.14. The molecule has 2 heterocycles. The molecule has 0 aromatic carbocycles. The molecule has 56 valence electrons. The van der Waals surface area contributed by atoms with E-state index in [0.717, 1.165) is 10.3 Å². The van der Waals surface area contributed by atoms with E-state index in [1.165, 1.54) is 4.88 Å². The van der Waals surface area contributed by atoms with Gasteiger partial charge in [0, 0.05) is 16.6 Å². The van der Waals surface area contributed by atoms with Gasteiger partial charge in [-0.25, -0.2) is 4.73 Å². The first-order valence-corrected chi connectivity index (χ1v) is 4.15. The average molecular weight is 165 g/mol. The van der Waals surface area contributed by atoms with Crippen LogP contribution in [0.4, 0.5) is 0 Å². The van der Waals surface area contributed by atoms with Crippen LogP contribution in [0.5, 0.6) is 0 Å². The van der Waals surface area contributed by atoms with E-state index in [2.05, 4.69) is 0 Å². The molecule has 0 aliphatic carbocycles. The zero-order valence-electron chi connectivity index (χ0n) is 5.77. The smallest absolute Gasteiger partial charge is 0.0518 e. The molecule has 11 heavy (non-hydrogen) atoms. The maximum Gasteiger partial charge on any atom is 0.0518 e. The van der Waals surface area contributed by atoms with E-state index in [-0.39, 0.29) is 0 Å². The highest BCUT2D eigenvalue weighted by molar-refractivity contribution is 7.13. The molecule has 0 saturated heterocycles. The minimum atomic E-state index is 1.06. The molecule has 0 spiro atoms. The standard InChI is InChI=1S/C8H7NOS/c10-9-4-3-7(6-9)8-2-1-5-11-8/h1-6,10H. The molecule has 2 rings (SSSR count). The molecule has 3 heteroatoms. The van der Waals surface area contributed by atoms with Gasteiger partial charge >= 0.3 is 0 Å². The van der Waals surface area contributed by atoms with Crippen molar-refractivity contribution < 1.29 is 5.21 Å². The number of aromatic nitrogens is 1. The van der Waals surface area contributed by atoms with E-state index in [4.69, 9.17) is 5.21 Å². The van der Waals surface area contributed by atoms with Crippen molar-refractivity contribution in [3.05, 3.63) is 36.0 Å². The van der Waals surface area contributed by atoms with Gasteiger partial charge in [0.15, 0.2) is 0 Å². The van der Waals surface area contributed by atoms with Crippen LogP contribution in [-0.4, -0.2) is 9.94 Å². The van der Waals surface area contributed by atoms with Gasteiger partial charge < -0.3 is 5.21 Å². The Hall–Kier alpha value is -1.22. The highest BCUT2D eigenvalue weighted by Gasteiger charge is 1.98. The normalized spacial score (nSPS) is 10.2. The Balaban J connectivity index is 2.45. The van der Waals surface area contributed by atoms with Crippen LogP contribution >= 0.6 is 11.3 Å². The van der Waals surface area contributed by atoms with E-state index in [0.29, 0.717) is 0 Å². The molecule has 0 unspecified atom stereocenters. The minimum absolute atomic E-state index is 1.06. The van der Waals surface area contributed by atoms with E-state index in [9.17, 15) is 0 Å². The Morgan fingerprint density at radius 2 is 2.27 bits per heavy atom. The lowest BCUT2D eigenvalue weighted by Crippen LogP contribution is -1.79. The Morgan fingerprint density at radius 1 is 1.36 bits per heavy atom. The fourth-order valence-corrected chi connectivity index (χ4v) is 1.69. The van der Waals surface area contributed by atoms with Crippen LogP contribution < -0.4 is 0 Å². The fraction of sp³-hybridized carbons (Fsp3) is 0. The van der Waals surface area contributed by atoms with Gasteiger partial charge in [0.2, 0.25) is 0 Å². The third-order valence-corrected chi connectivity index (χ3v) is 2.40. The monoisotopic (exact) mass is 165 g/mol. The van der Waals surface area contributed by atoms with Crippen LogP contribution in [0.15, 0.2) is 36.0 Å². The van der Waals surface area contributed by atoms with Crippen molar-refractivity contribution >= 4 is 11.3 Å². The molecule has 0 fully saturated rings. The lowest BCUT2D eigenvalue weighted by Gasteiger charge is -1.87. The van der Waals surface area contributed by atoms with Crippen molar-refractivity contribution in [3.63, 3.8) is 0 Å². The predicted octanol–water partition coefficient (Wildman–Crippen LogP) is 2.45. The van der Waals surface area contributed by atoms with Crippen LogP contribution in [-0.2, 0) is 0 Å². The molecule has 2 nitrogen and oxygen atoms in total. The molecule has 0 saturated carbocycles. The van der Waals surface area contributed by atoms with Crippen LogP contribution in [0, 0.1) is 0 Å². The quantitative estimate of drug-likeness (QED) is 0.645. The van der Waals surface area contributed by atoms with E-state index in [1.807, 2.05) is 23.6 Å². The van der Waals surface area contributed by atoms with Crippen LogP contribution in [0.3, 0.4) is 0 Å². The zero-order chi connectivity index (χ0) is 7.68. The summed E-state index contributed by atoms with van der Waals surface area (Å²) in [6.45, 7) is 0. The van der Waals surface area contributed by atoms with Gasteiger partial charge in [-0.2, -0.15) is 0 Å². The number of nitrogens with zero attached hydrogens (tertiary/aromatic N) is 1. The van der Waals surface area contributed by atoms with Crippen molar-refractivity contribution in [2.75, 3.05) is 0 Å². The van der Waals surface area contributed by atoms with Crippen LogP contribution in [0.2, 0.25) is 0 Å². The first-order chi connectivity index (χ1) is 5.36. The molecule has 0 atom stereocenters. The van der Waals surface area contributed by atoms with Gasteiger partial charge in [-0.15, -0.1) is 11.3 Å². The number of rotatable bonds is 1. The van der Waals surface area contributed by atoms with Crippen molar-refractivity contribution in [1.29, 1.82) is 0 Å². The Kier molecular flexibility index (Phi) is 1.43. The summed E-state index contributed by atoms with van der Waals surface area (Å²) >= 11 is 1.66. The summed E-state index contributed by atoms with van der Waals surface area (Å²) in [4.78, 5) is 1.18. The molecule has 0 aliphatic rings. The topological polar surface area (TPSA) is 25.2 Å². The highest BCUT2D eigenvalue weighted by atomic mass is 32.1. The van der Waals surface area contributed by atoms with Crippen molar-refractivity contribution in [3.8, 4) is 10.4 Å². The lowest BCUT2D eigenvalue weighted by atomic mass is 10.3. The van der Waals surface area contributed by atoms with Crippen molar-refractivity contribution in [1.82, 2.24) is 4.73 Å². The van der Waals surface area contributed by atoms with Crippen molar-refractivity contribution in [2.24, 2.45) is 0 Å². The average Bonchev–Trinajstić information content (AvgIpc) is 2.55. The van der Waals surface area contributed by atoms with Gasteiger partial charge in [0.05, 0.1) is 6.20 Å². The Bertz CT molecular complexity index is 337. The van der Waals surface area contributed by atoms with E-state index >= 15 is 0 Å². The molecule has 0 bridgehead atoms. The minimum Gasteiger partial charge on any atom is -0.429 e. The highest BCUT2D eigenvalue weighted by Crippen LogP contribution is 2.23.